The molecule has 100 valence electrons. The summed E-state index contributed by atoms with van der Waals surface area (Å²) in [5, 5.41) is 5.06. The maximum absolute atomic E-state index is 6.60. The highest BCUT2D eigenvalue weighted by Crippen LogP contribution is 2.44. The zero-order valence-electron chi connectivity index (χ0n) is 10.9. The normalized spacial score (nSPS) is 32.1. The smallest absolute Gasteiger partial charge is 0.130 e. The maximum Gasteiger partial charge on any atom is 0.130 e. The van der Waals surface area contributed by atoms with Crippen molar-refractivity contribution in [3.05, 3.63) is 16.4 Å². The van der Waals surface area contributed by atoms with Crippen molar-refractivity contribution in [2.45, 2.75) is 44.2 Å². The highest BCUT2D eigenvalue weighted by molar-refractivity contribution is 6.30. The molecule has 1 saturated carbocycles. The highest BCUT2D eigenvalue weighted by atomic mass is 35.5. The van der Waals surface area contributed by atoms with E-state index in [0.717, 1.165) is 30.7 Å². The molecule has 4 nitrogen and oxygen atoms in total. The molecule has 0 spiro atoms. The fourth-order valence-electron chi connectivity index (χ4n) is 3.08. The number of nitrogens with two attached hydrogens (primary N) is 1. The Morgan fingerprint density at radius 2 is 2.28 bits per heavy atom. The fraction of sp³-hybridized carbons (Fsp3) is 0.769. The van der Waals surface area contributed by atoms with Gasteiger partial charge in [-0.2, -0.15) is 5.10 Å². The fourth-order valence-corrected chi connectivity index (χ4v) is 3.32. The van der Waals surface area contributed by atoms with Crippen LogP contribution in [0.4, 0.5) is 0 Å². The molecule has 0 aromatic carbocycles. The Morgan fingerprint density at radius 3 is 2.83 bits per heavy atom. The standard InChI is InChI=1S/C13H20ClN3O/c1-8-10(12(14)17(2)16-8)7-13(15)5-6-18-11(13)9-3-4-9/h9,11H,3-7,15H2,1-2H3. The van der Waals surface area contributed by atoms with Gasteiger partial charge in [-0.1, -0.05) is 11.6 Å². The average molecular weight is 270 g/mol. The predicted octanol–water partition coefficient (Wildman–Crippen LogP) is 1.82. The Kier molecular flexibility index (Phi) is 2.92. The van der Waals surface area contributed by atoms with Crippen molar-refractivity contribution in [2.75, 3.05) is 6.61 Å². The Labute approximate surface area is 112 Å². The van der Waals surface area contributed by atoms with Gasteiger partial charge in [-0.3, -0.25) is 4.68 Å². The third kappa shape index (κ3) is 1.96. The number of halogens is 1. The number of aryl methyl sites for hydroxylation is 2. The molecule has 1 saturated heterocycles. The number of hydrogen-bond donors (Lipinski definition) is 1. The van der Waals surface area contributed by atoms with Crippen molar-refractivity contribution in [1.82, 2.24) is 9.78 Å². The number of aromatic nitrogens is 2. The van der Waals surface area contributed by atoms with E-state index in [9.17, 15) is 0 Å². The number of hydrogen-bond acceptors (Lipinski definition) is 3. The SMILES string of the molecule is Cc1nn(C)c(Cl)c1CC1(N)CCOC1C1CC1. The van der Waals surface area contributed by atoms with Crippen LogP contribution in [0.25, 0.3) is 0 Å². The first-order valence-corrected chi connectivity index (χ1v) is 6.97. The maximum atomic E-state index is 6.60. The molecule has 2 fully saturated rings. The first-order chi connectivity index (χ1) is 8.51. The lowest BCUT2D eigenvalue weighted by atomic mass is 9.83. The summed E-state index contributed by atoms with van der Waals surface area (Å²) < 4.78 is 7.58. The summed E-state index contributed by atoms with van der Waals surface area (Å²) in [5.41, 5.74) is 8.40. The van der Waals surface area contributed by atoms with Crippen molar-refractivity contribution in [1.29, 1.82) is 0 Å². The molecule has 2 aliphatic rings. The van der Waals surface area contributed by atoms with Crippen LogP contribution in [0.1, 0.15) is 30.5 Å². The van der Waals surface area contributed by atoms with Crippen LogP contribution in [0, 0.1) is 12.8 Å². The molecule has 2 atom stereocenters. The van der Waals surface area contributed by atoms with Crippen LogP contribution < -0.4 is 5.73 Å². The van der Waals surface area contributed by atoms with Crippen LogP contribution in [0.2, 0.25) is 5.15 Å². The van der Waals surface area contributed by atoms with E-state index in [1.165, 1.54) is 12.8 Å². The summed E-state index contributed by atoms with van der Waals surface area (Å²) in [6, 6.07) is 0. The molecule has 5 heteroatoms. The molecular formula is C13H20ClN3O. The first-order valence-electron chi connectivity index (χ1n) is 6.60. The molecule has 3 rings (SSSR count). The lowest BCUT2D eigenvalue weighted by Gasteiger charge is -2.30. The monoisotopic (exact) mass is 269 g/mol. The van der Waals surface area contributed by atoms with E-state index in [1.807, 2.05) is 14.0 Å². The van der Waals surface area contributed by atoms with Crippen LogP contribution in [-0.2, 0) is 18.2 Å². The van der Waals surface area contributed by atoms with E-state index in [1.54, 1.807) is 4.68 Å². The van der Waals surface area contributed by atoms with Crippen LogP contribution >= 0.6 is 11.6 Å². The highest BCUT2D eigenvalue weighted by Gasteiger charge is 2.49. The van der Waals surface area contributed by atoms with Crippen molar-refractivity contribution in [3.63, 3.8) is 0 Å². The third-order valence-electron chi connectivity index (χ3n) is 4.26. The Morgan fingerprint density at radius 1 is 1.56 bits per heavy atom. The zero-order valence-corrected chi connectivity index (χ0v) is 11.7. The van der Waals surface area contributed by atoms with Gasteiger partial charge in [0.1, 0.15) is 5.15 Å². The number of rotatable bonds is 3. The van der Waals surface area contributed by atoms with Crippen molar-refractivity contribution in [3.8, 4) is 0 Å². The van der Waals surface area contributed by atoms with Gasteiger partial charge in [0.15, 0.2) is 0 Å². The summed E-state index contributed by atoms with van der Waals surface area (Å²) in [7, 11) is 1.87. The molecule has 1 aliphatic carbocycles. The van der Waals surface area contributed by atoms with E-state index in [0.29, 0.717) is 11.1 Å². The van der Waals surface area contributed by atoms with Gasteiger partial charge in [-0.25, -0.2) is 0 Å². The quantitative estimate of drug-likeness (QED) is 0.911. The molecule has 2 N–H and O–H groups in total. The molecule has 1 aliphatic heterocycles. The van der Waals surface area contributed by atoms with Gasteiger partial charge in [0, 0.05) is 24.8 Å². The molecule has 2 unspecified atom stereocenters. The Balaban J connectivity index is 1.86. The Bertz CT molecular complexity index is 469. The Hall–Kier alpha value is -0.580. The van der Waals surface area contributed by atoms with Crippen LogP contribution in [-0.4, -0.2) is 28.0 Å². The van der Waals surface area contributed by atoms with Gasteiger partial charge in [0.25, 0.3) is 0 Å². The topological polar surface area (TPSA) is 53.1 Å². The van der Waals surface area contributed by atoms with E-state index < -0.39 is 0 Å². The molecule has 2 heterocycles. The predicted molar refractivity (Wildman–Crippen MR) is 70.7 cm³/mol. The van der Waals surface area contributed by atoms with Gasteiger partial charge in [-0.15, -0.1) is 0 Å². The van der Waals surface area contributed by atoms with Crippen LogP contribution in [0.15, 0.2) is 0 Å². The summed E-state index contributed by atoms with van der Waals surface area (Å²) in [4.78, 5) is 0. The molecule has 1 aromatic heterocycles. The second-order valence-corrected chi connectivity index (χ2v) is 6.13. The molecule has 0 radical (unpaired) electrons. The summed E-state index contributed by atoms with van der Waals surface area (Å²) in [5.74, 6) is 0.660. The summed E-state index contributed by atoms with van der Waals surface area (Å²) in [6.45, 7) is 2.76. The zero-order chi connectivity index (χ0) is 12.9. The molecule has 18 heavy (non-hydrogen) atoms. The average Bonchev–Trinajstić information content (AvgIpc) is 3.04. The van der Waals surface area contributed by atoms with E-state index in [4.69, 9.17) is 22.1 Å². The minimum atomic E-state index is -0.265. The van der Waals surface area contributed by atoms with Crippen molar-refractivity contribution in [2.24, 2.45) is 18.7 Å². The molecular weight excluding hydrogens is 250 g/mol. The minimum Gasteiger partial charge on any atom is -0.376 e. The second kappa shape index (κ2) is 4.22. The van der Waals surface area contributed by atoms with Crippen LogP contribution in [0.3, 0.4) is 0 Å². The largest absolute Gasteiger partial charge is 0.376 e. The van der Waals surface area contributed by atoms with Gasteiger partial charge >= 0.3 is 0 Å². The van der Waals surface area contributed by atoms with E-state index in [-0.39, 0.29) is 11.6 Å². The number of ether oxygens (including phenoxy) is 1. The summed E-state index contributed by atoms with van der Waals surface area (Å²) in [6.07, 6.45) is 4.39. The molecule has 0 amide bonds. The number of nitrogens with zero attached hydrogens (tertiary/aromatic N) is 2. The van der Waals surface area contributed by atoms with E-state index in [2.05, 4.69) is 5.10 Å². The second-order valence-electron chi connectivity index (χ2n) is 5.77. The van der Waals surface area contributed by atoms with Gasteiger partial charge in [0.05, 0.1) is 11.8 Å². The molecule has 0 bridgehead atoms. The van der Waals surface area contributed by atoms with Crippen LogP contribution in [0.5, 0.6) is 0 Å². The van der Waals surface area contributed by atoms with Gasteiger partial charge < -0.3 is 10.5 Å². The third-order valence-corrected chi connectivity index (χ3v) is 4.73. The van der Waals surface area contributed by atoms with Gasteiger partial charge in [0.2, 0.25) is 0 Å². The lowest BCUT2D eigenvalue weighted by Crippen LogP contribution is -2.50. The minimum absolute atomic E-state index is 0.202. The van der Waals surface area contributed by atoms with Gasteiger partial charge in [-0.05, 0) is 38.5 Å². The summed E-state index contributed by atoms with van der Waals surface area (Å²) >= 11 is 6.30. The van der Waals surface area contributed by atoms with E-state index >= 15 is 0 Å². The lowest BCUT2D eigenvalue weighted by molar-refractivity contribution is 0.0626. The van der Waals surface area contributed by atoms with Crippen molar-refractivity contribution < 1.29 is 4.74 Å². The first kappa shape index (κ1) is 12.5. The molecule has 1 aromatic rings. The van der Waals surface area contributed by atoms with Crippen molar-refractivity contribution >= 4 is 11.6 Å².